The van der Waals surface area contributed by atoms with Crippen LogP contribution in [0.25, 0.3) is 0 Å². The summed E-state index contributed by atoms with van der Waals surface area (Å²) >= 11 is -0.570. The van der Waals surface area contributed by atoms with Gasteiger partial charge in [-0.25, -0.2) is 0 Å². The molecule has 1 rings (SSSR count). The van der Waals surface area contributed by atoms with Gasteiger partial charge in [-0.2, -0.15) is 0 Å². The maximum absolute atomic E-state index is 10.9. The molecule has 4 heteroatoms. The van der Waals surface area contributed by atoms with Crippen molar-refractivity contribution in [2.24, 2.45) is 0 Å². The minimum atomic E-state index is -0.570. The molecule has 0 saturated carbocycles. The Morgan fingerprint density at radius 2 is 2.40 bits per heavy atom. The molecule has 2 amide bonds. The monoisotopic (exact) mass is 247 g/mol. The van der Waals surface area contributed by atoms with E-state index in [1.165, 1.54) is 0 Å². The molecule has 1 unspecified atom stereocenters. The van der Waals surface area contributed by atoms with E-state index in [4.69, 9.17) is 0 Å². The number of amides is 2. The van der Waals surface area contributed by atoms with Crippen molar-refractivity contribution >= 4 is 33.0 Å². The van der Waals surface area contributed by atoms with Crippen molar-refractivity contribution in [1.82, 2.24) is 5.32 Å². The molecule has 0 aliphatic carbocycles. The Morgan fingerprint density at radius 3 is 2.80 bits per heavy atom. The topological polar surface area (TPSA) is 46.2 Å². The summed E-state index contributed by atoms with van der Waals surface area (Å²) in [6, 6.07) is 0. The Hall–Kier alpha value is -0.0613. The molecule has 10 heavy (non-hydrogen) atoms. The van der Waals surface area contributed by atoms with Gasteiger partial charge in [0.1, 0.15) is 0 Å². The molecule has 1 atom stereocenters. The Kier molecular flexibility index (Phi) is 2.71. The Morgan fingerprint density at radius 1 is 1.70 bits per heavy atom. The van der Waals surface area contributed by atoms with Crippen LogP contribution in [0, 0.1) is 0 Å². The molecule has 0 spiro atoms. The van der Waals surface area contributed by atoms with Gasteiger partial charge in [0.25, 0.3) is 0 Å². The number of hydrogen-bond donors (Lipinski definition) is 1. The van der Waals surface area contributed by atoms with Crippen molar-refractivity contribution < 1.29 is 9.59 Å². The van der Waals surface area contributed by atoms with Crippen LogP contribution in [0.4, 0.5) is 0 Å². The van der Waals surface area contributed by atoms with Gasteiger partial charge in [0, 0.05) is 0 Å². The van der Waals surface area contributed by atoms with Crippen molar-refractivity contribution in [2.75, 3.05) is 0 Å². The third-order valence-electron chi connectivity index (χ3n) is 1.42. The van der Waals surface area contributed by atoms with Gasteiger partial charge >= 0.3 is 69.6 Å². The molecule has 0 aromatic rings. The zero-order chi connectivity index (χ0) is 7.56. The van der Waals surface area contributed by atoms with Gasteiger partial charge in [-0.3, -0.25) is 0 Å². The third kappa shape index (κ3) is 1.71. The summed E-state index contributed by atoms with van der Waals surface area (Å²) in [5.41, 5.74) is 0. The number of nitrogens with one attached hydrogen (secondary N) is 1. The second kappa shape index (κ2) is 3.37. The molecule has 0 aromatic carbocycles. The van der Waals surface area contributed by atoms with Crippen molar-refractivity contribution in [3.05, 3.63) is 0 Å². The first-order valence-corrected chi connectivity index (χ1v) is 6.97. The summed E-state index contributed by atoms with van der Waals surface area (Å²) in [5.74, 6) is -0.0946. The summed E-state index contributed by atoms with van der Waals surface area (Å²) in [6.45, 7) is 2.09. The Balaban J connectivity index is 2.46. The van der Waals surface area contributed by atoms with E-state index < -0.39 is 21.1 Å². The first-order valence-electron chi connectivity index (χ1n) is 3.31. The van der Waals surface area contributed by atoms with Crippen LogP contribution in [-0.2, 0) is 9.59 Å². The van der Waals surface area contributed by atoms with Gasteiger partial charge in [-0.15, -0.1) is 0 Å². The van der Waals surface area contributed by atoms with Crippen LogP contribution in [0.1, 0.15) is 13.3 Å². The van der Waals surface area contributed by atoms with Gasteiger partial charge in [-0.1, -0.05) is 0 Å². The molecule has 54 valence electrons. The molecular weight excluding hydrogens is 237 g/mol. The van der Waals surface area contributed by atoms with E-state index in [2.05, 4.69) is 12.2 Å². The van der Waals surface area contributed by atoms with E-state index in [1.54, 1.807) is 0 Å². The van der Waals surface area contributed by atoms with Crippen molar-refractivity contribution in [1.29, 1.82) is 0 Å². The minimum absolute atomic E-state index is 0.0153. The second-order valence-corrected chi connectivity index (χ2v) is 7.40. The molecule has 2 radical (unpaired) electrons. The average molecular weight is 246 g/mol. The molecule has 1 N–H and O–H groups in total. The van der Waals surface area contributed by atoms with Crippen LogP contribution in [0.2, 0.25) is 8.37 Å². The Bertz CT molecular complexity index is 169. The van der Waals surface area contributed by atoms with E-state index in [9.17, 15) is 9.59 Å². The molecule has 1 aliphatic rings. The van der Waals surface area contributed by atoms with E-state index in [-0.39, 0.29) is 15.7 Å². The molecule has 1 heterocycles. The van der Waals surface area contributed by atoms with Crippen LogP contribution in [0.3, 0.4) is 0 Å². The summed E-state index contributed by atoms with van der Waals surface area (Å²) in [6.07, 6.45) is 0.471. The van der Waals surface area contributed by atoms with Gasteiger partial charge in [0.2, 0.25) is 0 Å². The molecule has 1 fully saturated rings. The average Bonchev–Trinajstić information content (AvgIpc) is 2.13. The fourth-order valence-corrected chi connectivity index (χ4v) is 4.05. The van der Waals surface area contributed by atoms with Crippen LogP contribution in [0.15, 0.2) is 0 Å². The second-order valence-electron chi connectivity index (χ2n) is 2.23. The van der Waals surface area contributed by atoms with Crippen LogP contribution in [-0.4, -0.2) is 33.0 Å². The van der Waals surface area contributed by atoms with E-state index in [1.807, 2.05) is 0 Å². The molecule has 3 nitrogen and oxygen atoms in total. The van der Waals surface area contributed by atoms with Crippen LogP contribution in [0.5, 0.6) is 0 Å². The fourth-order valence-electron chi connectivity index (χ4n) is 0.965. The first-order chi connectivity index (χ1) is 4.74. The zero-order valence-electron chi connectivity index (χ0n) is 5.81. The number of carbonyl (C=O) groups is 2. The van der Waals surface area contributed by atoms with Gasteiger partial charge in [-0.05, 0) is 0 Å². The number of carbonyl (C=O) groups excluding carboxylic acids is 2. The van der Waals surface area contributed by atoms with Crippen molar-refractivity contribution in [3.8, 4) is 0 Å². The standard InChI is InChI=1S/C4H4NO2.C2H5.Sn/c6-3-1-2-4(7)5-3;1-2;/h1H,2H2,(H,5,6,7);1H2,2H3;. The van der Waals surface area contributed by atoms with Crippen LogP contribution >= 0.6 is 0 Å². The molecule has 0 aromatic heterocycles. The van der Waals surface area contributed by atoms with Gasteiger partial charge in [0.05, 0.1) is 0 Å². The Labute approximate surface area is 69.8 Å². The summed E-state index contributed by atoms with van der Waals surface area (Å²) in [4.78, 5) is 21.5. The van der Waals surface area contributed by atoms with Gasteiger partial charge in [0.15, 0.2) is 0 Å². The SMILES string of the molecule is C[CH2][Sn][CH]1CC(=O)NC1=O. The summed E-state index contributed by atoms with van der Waals surface area (Å²) < 4.78 is 1.26. The molecule has 1 saturated heterocycles. The zero-order valence-corrected chi connectivity index (χ0v) is 8.66. The van der Waals surface area contributed by atoms with Crippen LogP contribution < -0.4 is 5.32 Å². The third-order valence-corrected chi connectivity index (χ3v) is 5.32. The van der Waals surface area contributed by atoms with Crippen molar-refractivity contribution in [3.63, 3.8) is 0 Å². The number of rotatable bonds is 2. The number of imide groups is 1. The predicted molar refractivity (Wildman–Crippen MR) is 37.8 cm³/mol. The predicted octanol–water partition coefficient (Wildman–Crippen LogP) is -0.0362. The van der Waals surface area contributed by atoms with Gasteiger partial charge < -0.3 is 0 Å². The normalized spacial score (nSPS) is 25.1. The molecular formula is C6H9NO2Sn. The quantitative estimate of drug-likeness (QED) is 0.549. The fraction of sp³-hybridized carbons (Fsp3) is 0.667. The molecule has 1 aliphatic heterocycles. The summed E-state index contributed by atoms with van der Waals surface area (Å²) in [5, 5.41) is 2.32. The summed E-state index contributed by atoms with van der Waals surface area (Å²) in [7, 11) is 0. The van der Waals surface area contributed by atoms with Crippen molar-refractivity contribution in [2.45, 2.75) is 21.7 Å². The first kappa shape index (κ1) is 8.04. The number of hydrogen-bond acceptors (Lipinski definition) is 2. The maximum atomic E-state index is 10.9. The molecule has 0 bridgehead atoms. The van der Waals surface area contributed by atoms with E-state index >= 15 is 0 Å². The van der Waals surface area contributed by atoms with E-state index in [0.717, 1.165) is 4.44 Å². The van der Waals surface area contributed by atoms with E-state index in [0.29, 0.717) is 6.42 Å².